The summed E-state index contributed by atoms with van der Waals surface area (Å²) in [6.07, 6.45) is 4.75. The molecule has 0 aliphatic heterocycles. The molecule has 0 heterocycles. The third kappa shape index (κ3) is 4.83. The minimum atomic E-state index is -0.169. The van der Waals surface area contributed by atoms with Crippen LogP contribution in [0.4, 0.5) is 4.39 Å². The van der Waals surface area contributed by atoms with E-state index in [4.69, 9.17) is 0 Å². The molecule has 1 aromatic carbocycles. The van der Waals surface area contributed by atoms with Crippen molar-refractivity contribution >= 4 is 29.9 Å². The van der Waals surface area contributed by atoms with Crippen LogP contribution in [0.25, 0.3) is 0 Å². The summed E-state index contributed by atoms with van der Waals surface area (Å²) in [5, 5.41) is 6.75. The van der Waals surface area contributed by atoms with Crippen LogP contribution in [0.3, 0.4) is 0 Å². The SMILES string of the molecule is CN=C(NCC1(c2ccc(F)cc2)CCCC1)NC(C)C.I. The second kappa shape index (κ2) is 8.70. The van der Waals surface area contributed by atoms with Gasteiger partial charge >= 0.3 is 0 Å². The van der Waals surface area contributed by atoms with Gasteiger partial charge in [-0.1, -0.05) is 25.0 Å². The molecule has 0 atom stereocenters. The molecule has 124 valence electrons. The van der Waals surface area contributed by atoms with E-state index in [1.165, 1.54) is 18.4 Å². The maximum atomic E-state index is 13.2. The van der Waals surface area contributed by atoms with Gasteiger partial charge in [-0.15, -0.1) is 24.0 Å². The molecule has 0 radical (unpaired) electrons. The van der Waals surface area contributed by atoms with Crippen LogP contribution in [-0.2, 0) is 5.41 Å². The Morgan fingerprint density at radius 2 is 1.82 bits per heavy atom. The van der Waals surface area contributed by atoms with Gasteiger partial charge in [0.1, 0.15) is 5.82 Å². The smallest absolute Gasteiger partial charge is 0.191 e. The molecule has 1 aromatic rings. The number of hydrogen-bond acceptors (Lipinski definition) is 1. The van der Waals surface area contributed by atoms with Crippen molar-refractivity contribution in [1.82, 2.24) is 10.6 Å². The standard InChI is InChI=1S/C17H26FN3.HI/c1-13(2)21-16(19-3)20-12-17(10-4-5-11-17)14-6-8-15(18)9-7-14;/h6-9,13H,4-5,10-12H2,1-3H3,(H2,19,20,21);1H. The molecule has 0 unspecified atom stereocenters. The lowest BCUT2D eigenvalue weighted by molar-refractivity contribution is 0.430. The van der Waals surface area contributed by atoms with E-state index >= 15 is 0 Å². The van der Waals surface area contributed by atoms with Gasteiger partial charge in [0.25, 0.3) is 0 Å². The van der Waals surface area contributed by atoms with E-state index in [-0.39, 0.29) is 35.2 Å². The molecule has 22 heavy (non-hydrogen) atoms. The second-order valence-corrected chi connectivity index (χ2v) is 6.22. The van der Waals surface area contributed by atoms with E-state index in [2.05, 4.69) is 29.5 Å². The molecule has 1 fully saturated rings. The van der Waals surface area contributed by atoms with Gasteiger partial charge in [0.15, 0.2) is 5.96 Å². The van der Waals surface area contributed by atoms with Crippen LogP contribution in [0.2, 0.25) is 0 Å². The summed E-state index contributed by atoms with van der Waals surface area (Å²) in [5.74, 6) is 0.663. The highest BCUT2D eigenvalue weighted by Crippen LogP contribution is 2.40. The lowest BCUT2D eigenvalue weighted by Crippen LogP contribution is -2.46. The topological polar surface area (TPSA) is 36.4 Å². The fraction of sp³-hybridized carbons (Fsp3) is 0.588. The van der Waals surface area contributed by atoms with Crippen LogP contribution < -0.4 is 10.6 Å². The molecule has 0 bridgehead atoms. The summed E-state index contributed by atoms with van der Waals surface area (Å²) < 4.78 is 13.2. The first kappa shape index (κ1) is 19.2. The largest absolute Gasteiger partial charge is 0.356 e. The monoisotopic (exact) mass is 419 g/mol. The molecule has 2 N–H and O–H groups in total. The number of rotatable bonds is 4. The Hall–Kier alpha value is -0.850. The van der Waals surface area contributed by atoms with Gasteiger partial charge in [-0.25, -0.2) is 4.39 Å². The highest BCUT2D eigenvalue weighted by Gasteiger charge is 2.35. The molecule has 0 saturated heterocycles. The average molecular weight is 419 g/mol. The average Bonchev–Trinajstić information content (AvgIpc) is 2.94. The van der Waals surface area contributed by atoms with E-state index in [1.54, 1.807) is 19.2 Å². The Morgan fingerprint density at radius 1 is 1.23 bits per heavy atom. The molecule has 1 aliphatic carbocycles. The van der Waals surface area contributed by atoms with Crippen LogP contribution in [-0.4, -0.2) is 25.6 Å². The Kier molecular flexibility index (Phi) is 7.59. The van der Waals surface area contributed by atoms with E-state index < -0.39 is 0 Å². The van der Waals surface area contributed by atoms with Gasteiger partial charge in [-0.2, -0.15) is 0 Å². The first-order valence-electron chi connectivity index (χ1n) is 7.79. The zero-order chi connectivity index (χ0) is 15.3. The van der Waals surface area contributed by atoms with Crippen LogP contribution in [0.15, 0.2) is 29.3 Å². The highest BCUT2D eigenvalue weighted by atomic mass is 127. The van der Waals surface area contributed by atoms with E-state index in [1.807, 2.05) is 12.1 Å². The minimum Gasteiger partial charge on any atom is -0.356 e. The number of aliphatic imine (C=N–C) groups is 1. The van der Waals surface area contributed by atoms with Gasteiger partial charge in [0, 0.05) is 25.0 Å². The molecule has 0 spiro atoms. The molecule has 2 rings (SSSR count). The molecule has 0 aromatic heterocycles. The first-order valence-corrected chi connectivity index (χ1v) is 7.79. The number of hydrogen-bond donors (Lipinski definition) is 2. The van der Waals surface area contributed by atoms with Crippen molar-refractivity contribution in [3.63, 3.8) is 0 Å². The third-order valence-corrected chi connectivity index (χ3v) is 4.26. The zero-order valence-electron chi connectivity index (χ0n) is 13.7. The Balaban J connectivity index is 0.00000242. The van der Waals surface area contributed by atoms with Gasteiger partial charge in [-0.05, 0) is 44.4 Å². The van der Waals surface area contributed by atoms with Crippen molar-refractivity contribution in [3.8, 4) is 0 Å². The van der Waals surface area contributed by atoms with Gasteiger partial charge < -0.3 is 10.6 Å². The Labute approximate surface area is 150 Å². The van der Waals surface area contributed by atoms with Gasteiger partial charge in [0.2, 0.25) is 0 Å². The van der Waals surface area contributed by atoms with Crippen LogP contribution in [0, 0.1) is 5.82 Å². The van der Waals surface area contributed by atoms with E-state index in [9.17, 15) is 4.39 Å². The summed E-state index contributed by atoms with van der Waals surface area (Å²) in [6, 6.07) is 7.34. The molecule has 1 aliphatic rings. The number of halogens is 2. The zero-order valence-corrected chi connectivity index (χ0v) is 16.0. The van der Waals surface area contributed by atoms with Crippen molar-refractivity contribution in [1.29, 1.82) is 0 Å². The lowest BCUT2D eigenvalue weighted by atomic mass is 9.79. The van der Waals surface area contributed by atoms with Crippen molar-refractivity contribution in [2.75, 3.05) is 13.6 Å². The number of benzene rings is 1. The van der Waals surface area contributed by atoms with E-state index in [0.29, 0.717) is 6.04 Å². The van der Waals surface area contributed by atoms with Crippen molar-refractivity contribution in [3.05, 3.63) is 35.6 Å². The second-order valence-electron chi connectivity index (χ2n) is 6.22. The highest BCUT2D eigenvalue weighted by molar-refractivity contribution is 14.0. The predicted molar refractivity (Wildman–Crippen MR) is 102 cm³/mol. The first-order chi connectivity index (χ1) is 10.1. The lowest BCUT2D eigenvalue weighted by Gasteiger charge is -2.31. The van der Waals surface area contributed by atoms with Crippen LogP contribution in [0.1, 0.15) is 45.1 Å². The summed E-state index contributed by atoms with van der Waals surface area (Å²) >= 11 is 0. The van der Waals surface area contributed by atoms with Crippen molar-refractivity contribution in [2.24, 2.45) is 4.99 Å². The summed E-state index contributed by atoms with van der Waals surface area (Å²) in [7, 11) is 1.79. The number of nitrogens with zero attached hydrogens (tertiary/aromatic N) is 1. The van der Waals surface area contributed by atoms with Crippen molar-refractivity contribution < 1.29 is 4.39 Å². The minimum absolute atomic E-state index is 0. The Morgan fingerprint density at radius 3 is 2.32 bits per heavy atom. The normalized spacial score (nSPS) is 17.2. The fourth-order valence-corrected chi connectivity index (χ4v) is 3.14. The quantitative estimate of drug-likeness (QED) is 0.442. The molecule has 3 nitrogen and oxygen atoms in total. The van der Waals surface area contributed by atoms with Gasteiger partial charge in [0.05, 0.1) is 0 Å². The number of guanidine groups is 1. The van der Waals surface area contributed by atoms with Crippen LogP contribution in [0.5, 0.6) is 0 Å². The molecular formula is C17H27FIN3. The van der Waals surface area contributed by atoms with E-state index in [0.717, 1.165) is 25.3 Å². The molecular weight excluding hydrogens is 392 g/mol. The number of nitrogens with one attached hydrogen (secondary N) is 2. The third-order valence-electron chi connectivity index (χ3n) is 4.26. The maximum absolute atomic E-state index is 13.2. The molecule has 1 saturated carbocycles. The predicted octanol–water partition coefficient (Wildman–Crippen LogP) is 3.83. The molecule has 5 heteroatoms. The van der Waals surface area contributed by atoms with Gasteiger partial charge in [-0.3, -0.25) is 4.99 Å². The fourth-order valence-electron chi connectivity index (χ4n) is 3.14. The molecule has 0 amide bonds. The van der Waals surface area contributed by atoms with Crippen molar-refractivity contribution in [2.45, 2.75) is 51.0 Å². The maximum Gasteiger partial charge on any atom is 0.191 e. The summed E-state index contributed by atoms with van der Waals surface area (Å²) in [6.45, 7) is 5.03. The Bertz CT molecular complexity index is 479. The summed E-state index contributed by atoms with van der Waals surface area (Å²) in [5.41, 5.74) is 1.33. The van der Waals surface area contributed by atoms with Crippen LogP contribution >= 0.6 is 24.0 Å². The summed E-state index contributed by atoms with van der Waals surface area (Å²) in [4.78, 5) is 4.26.